The van der Waals surface area contributed by atoms with Gasteiger partial charge in [0.25, 0.3) is 0 Å². The van der Waals surface area contributed by atoms with Crippen LogP contribution in [-0.2, 0) is 36.0 Å². The zero-order chi connectivity index (χ0) is 17.0. The summed E-state index contributed by atoms with van der Waals surface area (Å²) in [5, 5.41) is 0. The Balaban J connectivity index is 1.63. The van der Waals surface area contributed by atoms with Crippen molar-refractivity contribution in [1.29, 1.82) is 0 Å². The van der Waals surface area contributed by atoms with Gasteiger partial charge in [0.15, 0.2) is 0 Å². The summed E-state index contributed by atoms with van der Waals surface area (Å²) >= 11 is 0. The Bertz CT molecular complexity index is 791. The molecule has 0 saturated heterocycles. The summed E-state index contributed by atoms with van der Waals surface area (Å²) in [5.41, 5.74) is 4.80. The lowest BCUT2D eigenvalue weighted by Crippen LogP contribution is -2.33. The fourth-order valence-corrected chi connectivity index (χ4v) is 3.53. The van der Waals surface area contributed by atoms with Gasteiger partial charge in [0, 0.05) is 38.6 Å². The van der Waals surface area contributed by atoms with Crippen molar-refractivity contribution < 1.29 is 8.42 Å². The summed E-state index contributed by atoms with van der Waals surface area (Å²) in [6.07, 6.45) is 6.85. The summed E-state index contributed by atoms with van der Waals surface area (Å²) < 4.78 is 25.2. The lowest BCUT2D eigenvalue weighted by Gasteiger charge is -2.29. The zero-order valence-corrected chi connectivity index (χ0v) is 14.7. The number of nitrogens with one attached hydrogen (secondary N) is 1. The molecule has 1 aliphatic rings. The number of pyridine rings is 1. The van der Waals surface area contributed by atoms with Crippen LogP contribution < -0.4 is 4.72 Å². The highest BCUT2D eigenvalue weighted by Crippen LogP contribution is 2.22. The third-order valence-corrected chi connectivity index (χ3v) is 5.06. The van der Waals surface area contributed by atoms with E-state index in [1.807, 2.05) is 12.3 Å². The van der Waals surface area contributed by atoms with Crippen molar-refractivity contribution in [3.63, 3.8) is 0 Å². The molecule has 0 fully saturated rings. The Kier molecular flexibility index (Phi) is 5.28. The monoisotopic (exact) mass is 345 g/mol. The van der Waals surface area contributed by atoms with Crippen LogP contribution in [0.25, 0.3) is 0 Å². The highest BCUT2D eigenvalue weighted by atomic mass is 32.2. The summed E-state index contributed by atoms with van der Waals surface area (Å²) in [7, 11) is -3.19. The highest BCUT2D eigenvalue weighted by molar-refractivity contribution is 7.88. The number of rotatable bonds is 6. The predicted octanol–water partition coefficient (Wildman–Crippen LogP) is 1.73. The Morgan fingerprint density at radius 3 is 2.75 bits per heavy atom. The van der Waals surface area contributed by atoms with E-state index in [2.05, 4.69) is 38.9 Å². The lowest BCUT2D eigenvalue weighted by molar-refractivity contribution is 0.256. The molecule has 0 spiro atoms. The zero-order valence-electron chi connectivity index (χ0n) is 13.9. The molecule has 0 unspecified atom stereocenters. The van der Waals surface area contributed by atoms with E-state index in [-0.39, 0.29) is 0 Å². The maximum Gasteiger partial charge on any atom is 0.209 e. The molecule has 3 rings (SSSR count). The maximum absolute atomic E-state index is 11.3. The second kappa shape index (κ2) is 7.42. The molecule has 24 heavy (non-hydrogen) atoms. The van der Waals surface area contributed by atoms with E-state index >= 15 is 0 Å². The molecule has 5 nitrogen and oxygen atoms in total. The fourth-order valence-electron chi connectivity index (χ4n) is 3.11. The van der Waals surface area contributed by atoms with Gasteiger partial charge >= 0.3 is 0 Å². The molecular formula is C18H23N3O2S. The first kappa shape index (κ1) is 17.1. The molecule has 0 atom stereocenters. The first-order valence-corrected chi connectivity index (χ1v) is 10.1. The first-order chi connectivity index (χ1) is 11.5. The fraction of sp³-hybridized carbons (Fsp3) is 0.389. The Morgan fingerprint density at radius 1 is 1.21 bits per heavy atom. The Labute approximate surface area is 143 Å². The van der Waals surface area contributed by atoms with Crippen LogP contribution in [0.4, 0.5) is 0 Å². The van der Waals surface area contributed by atoms with Crippen LogP contribution in [-0.4, -0.2) is 37.6 Å². The molecule has 0 saturated carbocycles. The van der Waals surface area contributed by atoms with Crippen molar-refractivity contribution in [2.45, 2.75) is 25.9 Å². The van der Waals surface area contributed by atoms with E-state index in [9.17, 15) is 8.42 Å². The molecule has 1 N–H and O–H groups in total. The second-order valence-electron chi connectivity index (χ2n) is 6.29. The van der Waals surface area contributed by atoms with Crippen molar-refractivity contribution >= 4 is 10.0 Å². The minimum Gasteiger partial charge on any atom is -0.298 e. The molecule has 0 radical (unpaired) electrons. The molecule has 1 aromatic heterocycles. The van der Waals surface area contributed by atoms with E-state index in [1.165, 1.54) is 22.9 Å². The standard InChI is InChI=1S/C18H23N3O2S/c1-24(22,23)20-13-16-11-19-12-17-14-21(10-8-18(16)17)9-7-15-5-3-2-4-6-15/h2-6,11-12,20H,7-10,13-14H2,1H3. The molecule has 0 bridgehead atoms. The molecular weight excluding hydrogens is 322 g/mol. The van der Waals surface area contributed by atoms with Gasteiger partial charge in [0.2, 0.25) is 10.0 Å². The van der Waals surface area contributed by atoms with Gasteiger partial charge in [-0.3, -0.25) is 9.88 Å². The average Bonchev–Trinajstić information content (AvgIpc) is 2.58. The number of aromatic nitrogens is 1. The SMILES string of the molecule is CS(=O)(=O)NCc1cncc2c1CCN(CCc1ccccc1)C2. The van der Waals surface area contributed by atoms with E-state index in [0.29, 0.717) is 6.54 Å². The lowest BCUT2D eigenvalue weighted by atomic mass is 9.97. The van der Waals surface area contributed by atoms with E-state index < -0.39 is 10.0 Å². The summed E-state index contributed by atoms with van der Waals surface area (Å²) in [5.74, 6) is 0. The minimum absolute atomic E-state index is 0.318. The third kappa shape index (κ3) is 4.63. The van der Waals surface area contributed by atoms with Crippen LogP contribution in [0, 0.1) is 0 Å². The summed E-state index contributed by atoms with van der Waals surface area (Å²) in [6.45, 7) is 3.21. The molecule has 0 aliphatic carbocycles. The van der Waals surface area contributed by atoms with Crippen molar-refractivity contribution in [3.05, 3.63) is 65.0 Å². The quantitative estimate of drug-likeness (QED) is 0.866. The van der Waals surface area contributed by atoms with Crippen LogP contribution in [0.1, 0.15) is 22.3 Å². The van der Waals surface area contributed by atoms with Crippen LogP contribution in [0.5, 0.6) is 0 Å². The van der Waals surface area contributed by atoms with Gasteiger partial charge in [-0.15, -0.1) is 0 Å². The van der Waals surface area contributed by atoms with Gasteiger partial charge < -0.3 is 0 Å². The largest absolute Gasteiger partial charge is 0.298 e. The molecule has 0 amide bonds. The smallest absolute Gasteiger partial charge is 0.209 e. The van der Waals surface area contributed by atoms with Crippen molar-refractivity contribution in [1.82, 2.24) is 14.6 Å². The van der Waals surface area contributed by atoms with Crippen molar-refractivity contribution in [2.24, 2.45) is 0 Å². The molecule has 1 aromatic carbocycles. The number of hydrogen-bond acceptors (Lipinski definition) is 4. The Hall–Kier alpha value is -1.76. The normalized spacial score (nSPS) is 15.2. The van der Waals surface area contributed by atoms with Crippen molar-refractivity contribution in [3.8, 4) is 0 Å². The minimum atomic E-state index is -3.19. The van der Waals surface area contributed by atoms with Gasteiger partial charge in [-0.1, -0.05) is 30.3 Å². The molecule has 6 heteroatoms. The predicted molar refractivity (Wildman–Crippen MR) is 95.0 cm³/mol. The molecule has 2 heterocycles. The van der Waals surface area contributed by atoms with Crippen LogP contribution in [0.15, 0.2) is 42.7 Å². The Morgan fingerprint density at radius 2 is 2.00 bits per heavy atom. The summed E-state index contributed by atoms with van der Waals surface area (Å²) in [4.78, 5) is 6.73. The summed E-state index contributed by atoms with van der Waals surface area (Å²) in [6, 6.07) is 10.5. The van der Waals surface area contributed by atoms with Crippen LogP contribution in [0.3, 0.4) is 0 Å². The number of nitrogens with zero attached hydrogens (tertiary/aromatic N) is 2. The number of fused-ring (bicyclic) bond motifs is 1. The number of sulfonamides is 1. The number of hydrogen-bond donors (Lipinski definition) is 1. The van der Waals surface area contributed by atoms with Crippen molar-refractivity contribution in [2.75, 3.05) is 19.3 Å². The van der Waals surface area contributed by atoms with Gasteiger partial charge in [0.05, 0.1) is 6.26 Å². The topological polar surface area (TPSA) is 62.3 Å². The van der Waals surface area contributed by atoms with Crippen LogP contribution in [0.2, 0.25) is 0 Å². The molecule has 2 aromatic rings. The molecule has 1 aliphatic heterocycles. The second-order valence-corrected chi connectivity index (χ2v) is 8.12. The molecule has 128 valence electrons. The average molecular weight is 345 g/mol. The maximum atomic E-state index is 11.3. The van der Waals surface area contributed by atoms with Gasteiger partial charge in [0.1, 0.15) is 0 Å². The van der Waals surface area contributed by atoms with Gasteiger partial charge in [-0.05, 0) is 35.1 Å². The number of benzene rings is 1. The van der Waals surface area contributed by atoms with E-state index in [4.69, 9.17) is 0 Å². The first-order valence-electron chi connectivity index (χ1n) is 8.17. The highest BCUT2D eigenvalue weighted by Gasteiger charge is 2.19. The third-order valence-electron chi connectivity index (χ3n) is 4.39. The van der Waals surface area contributed by atoms with E-state index in [0.717, 1.165) is 38.0 Å². The van der Waals surface area contributed by atoms with Gasteiger partial charge in [-0.2, -0.15) is 0 Å². The van der Waals surface area contributed by atoms with Gasteiger partial charge in [-0.25, -0.2) is 13.1 Å². The van der Waals surface area contributed by atoms with E-state index in [1.54, 1.807) is 6.20 Å². The van der Waals surface area contributed by atoms with Crippen LogP contribution >= 0.6 is 0 Å².